The van der Waals surface area contributed by atoms with E-state index < -0.39 is 5.97 Å². The number of hydrogen-bond acceptors (Lipinski definition) is 4. The first kappa shape index (κ1) is 17.8. The Kier molecular flexibility index (Phi) is 6.72. The smallest absolute Gasteiger partial charge is 0.300 e. The van der Waals surface area contributed by atoms with Crippen LogP contribution in [-0.2, 0) is 4.79 Å². The maximum Gasteiger partial charge on any atom is 0.300 e. The van der Waals surface area contributed by atoms with Gasteiger partial charge in [0.1, 0.15) is 0 Å². The van der Waals surface area contributed by atoms with Crippen molar-refractivity contribution in [3.05, 3.63) is 35.4 Å². The van der Waals surface area contributed by atoms with E-state index in [4.69, 9.17) is 15.0 Å². The van der Waals surface area contributed by atoms with Crippen LogP contribution in [0.2, 0.25) is 0 Å². The summed E-state index contributed by atoms with van der Waals surface area (Å²) in [5, 5.41) is 16.3. The fraction of sp³-hybridized carbons (Fsp3) is 0.438. The molecule has 0 spiro atoms. The van der Waals surface area contributed by atoms with Gasteiger partial charge in [0, 0.05) is 19.6 Å². The predicted molar refractivity (Wildman–Crippen MR) is 80.7 cm³/mol. The van der Waals surface area contributed by atoms with Gasteiger partial charge in [-0.1, -0.05) is 19.1 Å². The first-order chi connectivity index (χ1) is 10.4. The number of aliphatic hydroxyl groups excluding tert-OH is 1. The summed E-state index contributed by atoms with van der Waals surface area (Å²) in [7, 11) is 0. The van der Waals surface area contributed by atoms with Crippen LogP contribution in [0.3, 0.4) is 0 Å². The fourth-order valence-electron chi connectivity index (χ4n) is 2.38. The highest BCUT2D eigenvalue weighted by atomic mass is 16.4. The number of carboxylic acid groups (broad SMARTS) is 1. The lowest BCUT2D eigenvalue weighted by Crippen LogP contribution is -2.39. The average molecular weight is 307 g/mol. The number of amides is 2. The second-order valence-corrected chi connectivity index (χ2v) is 4.97. The summed E-state index contributed by atoms with van der Waals surface area (Å²) in [6.45, 7) is 3.12. The Bertz CT molecular complexity index is 516. The number of nitrogens with zero attached hydrogens (tertiary/aromatic N) is 1. The Balaban J connectivity index is 0.000000541. The van der Waals surface area contributed by atoms with Crippen molar-refractivity contribution in [3.8, 4) is 0 Å². The number of aliphatic carboxylic acids is 1. The zero-order chi connectivity index (χ0) is 16.7. The largest absolute Gasteiger partial charge is 0.481 e. The molecule has 1 heterocycles. The normalized spacial score (nSPS) is 14.2. The number of benzene rings is 1. The Labute approximate surface area is 129 Å². The summed E-state index contributed by atoms with van der Waals surface area (Å²) in [6, 6.07) is 6.79. The first-order valence-corrected chi connectivity index (χ1v) is 7.21. The van der Waals surface area contributed by atoms with Crippen molar-refractivity contribution in [2.45, 2.75) is 39.2 Å². The number of fused-ring (bicyclic) bond motifs is 1. The summed E-state index contributed by atoms with van der Waals surface area (Å²) in [5.74, 6) is -1.25. The Morgan fingerprint density at radius 1 is 1.18 bits per heavy atom. The number of rotatable bonds is 5. The minimum Gasteiger partial charge on any atom is -0.481 e. The lowest BCUT2D eigenvalue weighted by Gasteiger charge is -2.24. The molecule has 1 aromatic carbocycles. The quantitative estimate of drug-likeness (QED) is 0.810. The molecule has 6 heteroatoms. The summed E-state index contributed by atoms with van der Waals surface area (Å²) in [5.41, 5.74) is 0.981. The second-order valence-electron chi connectivity index (χ2n) is 4.97. The SMILES string of the molecule is CC(=O)O.CCC(CCCO)N1C(=O)c2ccccc2C1=O. The molecule has 2 amide bonds. The van der Waals surface area contributed by atoms with Crippen LogP contribution in [0.15, 0.2) is 24.3 Å². The molecule has 22 heavy (non-hydrogen) atoms. The van der Waals surface area contributed by atoms with Crippen molar-refractivity contribution in [2.24, 2.45) is 0 Å². The van der Waals surface area contributed by atoms with Crippen LogP contribution >= 0.6 is 0 Å². The summed E-state index contributed by atoms with van der Waals surface area (Å²) in [6.07, 6.45) is 1.97. The predicted octanol–water partition coefficient (Wildman–Crippen LogP) is 1.92. The van der Waals surface area contributed by atoms with Crippen molar-refractivity contribution >= 4 is 17.8 Å². The van der Waals surface area contributed by atoms with Crippen molar-refractivity contribution in [3.63, 3.8) is 0 Å². The molecule has 1 aliphatic heterocycles. The van der Waals surface area contributed by atoms with Crippen molar-refractivity contribution in [1.82, 2.24) is 4.90 Å². The number of carbonyl (C=O) groups excluding carboxylic acids is 2. The van der Waals surface area contributed by atoms with Gasteiger partial charge >= 0.3 is 0 Å². The highest BCUT2D eigenvalue weighted by molar-refractivity contribution is 6.21. The summed E-state index contributed by atoms with van der Waals surface area (Å²) >= 11 is 0. The lowest BCUT2D eigenvalue weighted by atomic mass is 10.1. The molecule has 0 bridgehead atoms. The van der Waals surface area contributed by atoms with E-state index in [1.54, 1.807) is 24.3 Å². The molecule has 1 aliphatic rings. The third kappa shape index (κ3) is 4.14. The van der Waals surface area contributed by atoms with Gasteiger partial charge in [0.15, 0.2) is 0 Å². The highest BCUT2D eigenvalue weighted by Crippen LogP contribution is 2.26. The standard InChI is InChI=1S/C14H17NO3.C2H4O2/c1-2-10(6-5-9-16)15-13(17)11-7-3-4-8-12(11)14(15)18;1-2(3)4/h3-4,7-8,10,16H,2,5-6,9H2,1H3;1H3,(H,3,4). The zero-order valence-electron chi connectivity index (χ0n) is 12.8. The molecule has 0 saturated heterocycles. The van der Waals surface area contributed by atoms with Gasteiger partial charge in [-0.05, 0) is 31.4 Å². The molecule has 1 unspecified atom stereocenters. The van der Waals surface area contributed by atoms with Gasteiger partial charge in [-0.2, -0.15) is 0 Å². The maximum absolute atomic E-state index is 12.2. The van der Waals surface area contributed by atoms with Gasteiger partial charge in [0.2, 0.25) is 0 Å². The first-order valence-electron chi connectivity index (χ1n) is 7.21. The second kappa shape index (κ2) is 8.29. The molecule has 0 saturated carbocycles. The molecule has 1 aromatic rings. The van der Waals surface area contributed by atoms with Crippen LogP contribution < -0.4 is 0 Å². The summed E-state index contributed by atoms with van der Waals surface area (Å²) < 4.78 is 0. The van der Waals surface area contributed by atoms with E-state index >= 15 is 0 Å². The van der Waals surface area contributed by atoms with Crippen LogP contribution in [0, 0.1) is 0 Å². The maximum atomic E-state index is 12.2. The molecule has 1 atom stereocenters. The molecule has 0 aromatic heterocycles. The molecule has 120 valence electrons. The number of carbonyl (C=O) groups is 3. The van der Waals surface area contributed by atoms with E-state index in [9.17, 15) is 9.59 Å². The highest BCUT2D eigenvalue weighted by Gasteiger charge is 2.38. The Hall–Kier alpha value is -2.21. The molecule has 2 N–H and O–H groups in total. The third-order valence-electron chi connectivity index (χ3n) is 3.36. The van der Waals surface area contributed by atoms with Crippen LogP contribution in [-0.4, -0.2) is 45.5 Å². The van der Waals surface area contributed by atoms with Crippen molar-refractivity contribution < 1.29 is 24.6 Å². The fourth-order valence-corrected chi connectivity index (χ4v) is 2.38. The van der Waals surface area contributed by atoms with E-state index in [1.807, 2.05) is 6.92 Å². The molecule has 0 radical (unpaired) electrons. The van der Waals surface area contributed by atoms with E-state index in [1.165, 1.54) is 4.90 Å². The van der Waals surface area contributed by atoms with Crippen LogP contribution in [0.5, 0.6) is 0 Å². The number of hydrogen-bond donors (Lipinski definition) is 2. The molecular weight excluding hydrogens is 286 g/mol. The molecular formula is C16H21NO5. The van der Waals surface area contributed by atoms with Crippen LogP contribution in [0.4, 0.5) is 0 Å². The van der Waals surface area contributed by atoms with Gasteiger partial charge in [-0.25, -0.2) is 0 Å². The van der Waals surface area contributed by atoms with Crippen molar-refractivity contribution in [2.75, 3.05) is 6.61 Å². The minimum absolute atomic E-state index is 0.0830. The Morgan fingerprint density at radius 3 is 2.00 bits per heavy atom. The van der Waals surface area contributed by atoms with E-state index in [2.05, 4.69) is 0 Å². The van der Waals surface area contributed by atoms with E-state index in [0.717, 1.165) is 6.92 Å². The van der Waals surface area contributed by atoms with Gasteiger partial charge in [-0.3, -0.25) is 19.3 Å². The zero-order valence-corrected chi connectivity index (χ0v) is 12.8. The molecule has 0 fully saturated rings. The van der Waals surface area contributed by atoms with Crippen LogP contribution in [0.1, 0.15) is 53.8 Å². The van der Waals surface area contributed by atoms with E-state index in [0.29, 0.717) is 30.4 Å². The monoisotopic (exact) mass is 307 g/mol. The molecule has 2 rings (SSSR count). The lowest BCUT2D eigenvalue weighted by molar-refractivity contribution is -0.134. The van der Waals surface area contributed by atoms with Crippen LogP contribution in [0.25, 0.3) is 0 Å². The van der Waals surface area contributed by atoms with Gasteiger partial charge in [0.25, 0.3) is 17.8 Å². The van der Waals surface area contributed by atoms with Gasteiger partial charge in [-0.15, -0.1) is 0 Å². The number of aliphatic hydroxyl groups is 1. The Morgan fingerprint density at radius 2 is 1.64 bits per heavy atom. The minimum atomic E-state index is -0.833. The third-order valence-corrected chi connectivity index (χ3v) is 3.36. The molecule has 0 aliphatic carbocycles. The number of carboxylic acids is 1. The molecule has 6 nitrogen and oxygen atoms in total. The van der Waals surface area contributed by atoms with Crippen molar-refractivity contribution in [1.29, 1.82) is 0 Å². The average Bonchev–Trinajstić information content (AvgIpc) is 2.73. The summed E-state index contributed by atoms with van der Waals surface area (Å²) in [4.78, 5) is 34.8. The van der Waals surface area contributed by atoms with Gasteiger partial charge in [0.05, 0.1) is 11.1 Å². The topological polar surface area (TPSA) is 94.9 Å². The van der Waals surface area contributed by atoms with Gasteiger partial charge < -0.3 is 10.2 Å². The number of imide groups is 1. The van der Waals surface area contributed by atoms with E-state index in [-0.39, 0.29) is 24.5 Å².